The van der Waals surface area contributed by atoms with Gasteiger partial charge in [0.1, 0.15) is 0 Å². The first kappa shape index (κ1) is 28.4. The molecule has 2 aromatic rings. The molecule has 2 aromatic carbocycles. The summed E-state index contributed by atoms with van der Waals surface area (Å²) in [6.45, 7) is 3.32. The van der Waals surface area contributed by atoms with Gasteiger partial charge in [0.2, 0.25) is 0 Å². The number of halogens is 7. The highest BCUT2D eigenvalue weighted by molar-refractivity contribution is 9.10. The van der Waals surface area contributed by atoms with Crippen molar-refractivity contribution >= 4 is 68.4 Å². The van der Waals surface area contributed by atoms with Gasteiger partial charge in [-0.2, -0.15) is 13.2 Å². The second-order valence-electron chi connectivity index (χ2n) is 6.96. The smallest absolute Gasteiger partial charge is 0.363 e. The lowest BCUT2D eigenvalue weighted by molar-refractivity contribution is -0.139. The summed E-state index contributed by atoms with van der Waals surface area (Å²) < 4.78 is 55.0. The SMILES string of the molecule is CCNC(=S)NCCNC(=O)c1ccc(/C=C/C(c2cc(Cl)c(F)c(Cl)c2)C(F)(F)F)cc1Br. The molecule has 0 aromatic heterocycles. The number of carbonyl (C=O) groups excluding carboxylic acids is 1. The van der Waals surface area contributed by atoms with Crippen molar-refractivity contribution in [3.05, 3.63) is 73.4 Å². The van der Waals surface area contributed by atoms with Crippen LogP contribution in [0.1, 0.15) is 34.3 Å². The molecule has 2 rings (SSSR count). The minimum atomic E-state index is -4.67. The van der Waals surface area contributed by atoms with Gasteiger partial charge in [0, 0.05) is 24.1 Å². The van der Waals surface area contributed by atoms with Crippen LogP contribution in [0.4, 0.5) is 17.6 Å². The van der Waals surface area contributed by atoms with Gasteiger partial charge < -0.3 is 16.0 Å². The van der Waals surface area contributed by atoms with Gasteiger partial charge >= 0.3 is 6.18 Å². The zero-order chi connectivity index (χ0) is 25.5. The van der Waals surface area contributed by atoms with E-state index in [-0.39, 0.29) is 11.5 Å². The van der Waals surface area contributed by atoms with Crippen LogP contribution in [0, 0.1) is 5.82 Å². The zero-order valence-corrected chi connectivity index (χ0v) is 21.6. The summed E-state index contributed by atoms with van der Waals surface area (Å²) in [5.74, 6) is -3.40. The predicted molar refractivity (Wildman–Crippen MR) is 135 cm³/mol. The van der Waals surface area contributed by atoms with E-state index in [2.05, 4.69) is 31.9 Å². The van der Waals surface area contributed by atoms with E-state index in [0.717, 1.165) is 18.2 Å². The summed E-state index contributed by atoms with van der Waals surface area (Å²) in [6, 6.07) is 6.31. The summed E-state index contributed by atoms with van der Waals surface area (Å²) in [5.41, 5.74) is 0.433. The van der Waals surface area contributed by atoms with Crippen molar-refractivity contribution in [3.63, 3.8) is 0 Å². The van der Waals surface area contributed by atoms with Crippen molar-refractivity contribution in [2.75, 3.05) is 19.6 Å². The number of allylic oxidation sites excluding steroid dienone is 1. The van der Waals surface area contributed by atoms with Gasteiger partial charge in [0.15, 0.2) is 10.9 Å². The lowest BCUT2D eigenvalue weighted by atomic mass is 9.97. The monoisotopic (exact) mass is 599 g/mol. The molecular formula is C22H20BrCl2F4N3OS. The van der Waals surface area contributed by atoms with Crippen LogP contribution in [0.15, 0.2) is 40.9 Å². The van der Waals surface area contributed by atoms with E-state index >= 15 is 0 Å². The van der Waals surface area contributed by atoms with E-state index in [9.17, 15) is 22.4 Å². The molecule has 0 saturated carbocycles. The molecule has 1 amide bonds. The average molecular weight is 601 g/mol. The number of carbonyl (C=O) groups is 1. The Hall–Kier alpha value is -1.88. The third kappa shape index (κ3) is 8.11. The summed E-state index contributed by atoms with van der Waals surface area (Å²) >= 11 is 19.6. The molecule has 0 aliphatic heterocycles. The molecule has 0 bridgehead atoms. The Kier molecular flexibility index (Phi) is 10.6. The molecule has 0 radical (unpaired) electrons. The van der Waals surface area contributed by atoms with E-state index in [1.807, 2.05) is 6.92 Å². The van der Waals surface area contributed by atoms with E-state index in [1.165, 1.54) is 24.3 Å². The Morgan fingerprint density at radius 1 is 1.12 bits per heavy atom. The summed E-state index contributed by atoms with van der Waals surface area (Å²) in [5, 5.41) is 8.06. The van der Waals surface area contributed by atoms with Gasteiger partial charge in [-0.25, -0.2) is 4.39 Å². The third-order valence-corrected chi connectivity index (χ3v) is 5.97. The van der Waals surface area contributed by atoms with Crippen molar-refractivity contribution in [1.29, 1.82) is 0 Å². The summed E-state index contributed by atoms with van der Waals surface area (Å²) in [7, 11) is 0. The number of nitrogens with one attached hydrogen (secondary N) is 3. The van der Waals surface area contributed by atoms with E-state index in [1.54, 1.807) is 0 Å². The molecule has 0 heterocycles. The summed E-state index contributed by atoms with van der Waals surface area (Å²) in [4.78, 5) is 12.4. The zero-order valence-electron chi connectivity index (χ0n) is 17.7. The van der Waals surface area contributed by atoms with Crippen molar-refractivity contribution in [2.24, 2.45) is 0 Å². The quantitative estimate of drug-likeness (QED) is 0.141. The van der Waals surface area contributed by atoms with Crippen LogP contribution in [0.25, 0.3) is 6.08 Å². The second kappa shape index (κ2) is 12.7. The number of hydrogen-bond acceptors (Lipinski definition) is 2. The van der Waals surface area contributed by atoms with Crippen LogP contribution in [-0.4, -0.2) is 36.8 Å². The highest BCUT2D eigenvalue weighted by Gasteiger charge is 2.39. The highest BCUT2D eigenvalue weighted by atomic mass is 79.9. The minimum absolute atomic E-state index is 0.294. The predicted octanol–water partition coefficient (Wildman–Crippen LogP) is 6.47. The van der Waals surface area contributed by atoms with Gasteiger partial charge in [-0.05, 0) is 70.5 Å². The first-order chi connectivity index (χ1) is 15.9. The van der Waals surface area contributed by atoms with Gasteiger partial charge in [-0.15, -0.1) is 0 Å². The molecule has 0 saturated heterocycles. The highest BCUT2D eigenvalue weighted by Crippen LogP contribution is 2.39. The molecular weight excluding hydrogens is 581 g/mol. The third-order valence-electron chi connectivity index (χ3n) is 4.47. The Labute approximate surface area is 218 Å². The molecule has 12 heteroatoms. The van der Waals surface area contributed by atoms with Gasteiger partial charge in [0.05, 0.1) is 21.5 Å². The average Bonchev–Trinajstić information content (AvgIpc) is 2.74. The van der Waals surface area contributed by atoms with Crippen LogP contribution in [-0.2, 0) is 0 Å². The van der Waals surface area contributed by atoms with Crippen LogP contribution in [0.3, 0.4) is 0 Å². The van der Waals surface area contributed by atoms with Gasteiger partial charge in [0.25, 0.3) is 5.91 Å². The van der Waals surface area contributed by atoms with E-state index in [4.69, 9.17) is 35.4 Å². The Bertz CT molecular complexity index is 1060. The fourth-order valence-electron chi connectivity index (χ4n) is 2.86. The molecule has 0 aliphatic carbocycles. The van der Waals surface area contributed by atoms with E-state index in [0.29, 0.717) is 40.3 Å². The molecule has 1 unspecified atom stereocenters. The fourth-order valence-corrected chi connectivity index (χ4v) is 4.19. The largest absolute Gasteiger partial charge is 0.399 e. The molecule has 0 fully saturated rings. The number of hydrogen-bond donors (Lipinski definition) is 3. The second-order valence-corrected chi connectivity index (χ2v) is 9.04. The Balaban J connectivity index is 2.12. The van der Waals surface area contributed by atoms with Gasteiger partial charge in [-0.3, -0.25) is 4.79 Å². The number of benzene rings is 2. The number of thiocarbonyl (C=S) groups is 1. The van der Waals surface area contributed by atoms with E-state index < -0.39 is 28.0 Å². The Morgan fingerprint density at radius 3 is 2.29 bits per heavy atom. The number of alkyl halides is 3. The minimum Gasteiger partial charge on any atom is -0.363 e. The maximum Gasteiger partial charge on any atom is 0.399 e. The molecule has 1 atom stereocenters. The molecule has 0 aliphatic rings. The fraction of sp³-hybridized carbons (Fsp3) is 0.273. The maximum atomic E-state index is 13.7. The molecule has 3 N–H and O–H groups in total. The van der Waals surface area contributed by atoms with Crippen molar-refractivity contribution in [3.8, 4) is 0 Å². The summed E-state index contributed by atoms with van der Waals surface area (Å²) in [6.07, 6.45) is -2.50. The first-order valence-electron chi connectivity index (χ1n) is 9.92. The van der Waals surface area contributed by atoms with Crippen molar-refractivity contribution in [2.45, 2.75) is 19.0 Å². The lowest BCUT2D eigenvalue weighted by Gasteiger charge is -2.18. The lowest BCUT2D eigenvalue weighted by Crippen LogP contribution is -2.40. The molecule has 184 valence electrons. The van der Waals surface area contributed by atoms with Crippen molar-refractivity contribution in [1.82, 2.24) is 16.0 Å². The molecule has 0 spiro atoms. The number of amides is 1. The maximum absolute atomic E-state index is 13.7. The first-order valence-corrected chi connectivity index (χ1v) is 11.9. The van der Waals surface area contributed by atoms with Crippen molar-refractivity contribution < 1.29 is 22.4 Å². The topological polar surface area (TPSA) is 53.2 Å². The van der Waals surface area contributed by atoms with Crippen LogP contribution < -0.4 is 16.0 Å². The molecule has 34 heavy (non-hydrogen) atoms. The standard InChI is InChI=1S/C22H20BrCl2F4N3OS/c1-2-30-21(34)32-8-7-31-20(33)14-5-3-12(9-16(14)23)4-6-15(22(27,28)29)13-10-17(24)19(26)18(25)11-13/h3-6,9-11,15H,2,7-8H2,1H3,(H,31,33)(H2,30,32,34)/b6-4+. The van der Waals surface area contributed by atoms with Crippen LogP contribution >= 0.6 is 51.3 Å². The van der Waals surface area contributed by atoms with Gasteiger partial charge in [-0.1, -0.05) is 41.4 Å². The molecule has 4 nitrogen and oxygen atoms in total. The van der Waals surface area contributed by atoms with Crippen LogP contribution in [0.2, 0.25) is 10.0 Å². The Morgan fingerprint density at radius 2 is 1.74 bits per heavy atom. The normalized spacial score (nSPS) is 12.5. The number of rotatable bonds is 8. The van der Waals surface area contributed by atoms with Crippen LogP contribution in [0.5, 0.6) is 0 Å².